The van der Waals surface area contributed by atoms with Crippen LogP contribution in [0, 0.1) is 6.92 Å². The summed E-state index contributed by atoms with van der Waals surface area (Å²) in [6, 6.07) is 2.81. The zero-order valence-electron chi connectivity index (χ0n) is 9.23. The number of hydrogen-bond donors (Lipinski definition) is 1. The average Bonchev–Trinajstić information content (AvgIpc) is 2.26. The molecule has 1 rings (SSSR count). The Balaban J connectivity index is 3.31. The maximum Gasteiger partial charge on any atom is 0.377 e. The van der Waals surface area contributed by atoms with E-state index in [4.69, 9.17) is 14.6 Å². The third-order valence-electron chi connectivity index (χ3n) is 2.12. The maximum atomic E-state index is 11.3. The fourth-order valence-electron chi connectivity index (χ4n) is 1.41. The van der Waals surface area contributed by atoms with Gasteiger partial charge in [0.25, 0.3) is 5.78 Å². The van der Waals surface area contributed by atoms with E-state index in [0.29, 0.717) is 17.1 Å². The van der Waals surface area contributed by atoms with E-state index in [0.717, 1.165) is 0 Å². The number of carboxylic acid groups (broad SMARTS) is 1. The minimum atomic E-state index is -1.49. The summed E-state index contributed by atoms with van der Waals surface area (Å²) < 4.78 is 10.1. The number of aliphatic carboxylic acids is 1. The number of carbonyl (C=O) groups excluding carboxylic acids is 1. The van der Waals surface area contributed by atoms with Gasteiger partial charge in [-0.05, 0) is 24.6 Å². The Labute approximate surface area is 92.6 Å². The summed E-state index contributed by atoms with van der Waals surface area (Å²) >= 11 is 0. The second-order valence-corrected chi connectivity index (χ2v) is 3.16. The number of aryl methyl sites for hydroxylation is 1. The average molecular weight is 224 g/mol. The van der Waals surface area contributed by atoms with Gasteiger partial charge < -0.3 is 14.6 Å². The van der Waals surface area contributed by atoms with Crippen LogP contribution in [0.1, 0.15) is 15.9 Å². The van der Waals surface area contributed by atoms with Gasteiger partial charge in [-0.3, -0.25) is 4.79 Å². The first-order valence-electron chi connectivity index (χ1n) is 4.51. The smallest absolute Gasteiger partial charge is 0.377 e. The zero-order valence-corrected chi connectivity index (χ0v) is 9.23. The summed E-state index contributed by atoms with van der Waals surface area (Å²) in [5.41, 5.74) is 0.717. The van der Waals surface area contributed by atoms with Crippen molar-refractivity contribution in [1.29, 1.82) is 0 Å². The highest BCUT2D eigenvalue weighted by Crippen LogP contribution is 2.32. The summed E-state index contributed by atoms with van der Waals surface area (Å²) in [7, 11) is 2.90. The minimum absolute atomic E-state index is 0.0719. The summed E-state index contributed by atoms with van der Waals surface area (Å²) in [4.78, 5) is 21.8. The Morgan fingerprint density at radius 3 is 2.25 bits per heavy atom. The van der Waals surface area contributed by atoms with Gasteiger partial charge in [0.15, 0.2) is 11.5 Å². The molecule has 0 unspecified atom stereocenters. The van der Waals surface area contributed by atoms with E-state index in [2.05, 4.69) is 0 Å². The molecule has 0 saturated carbocycles. The van der Waals surface area contributed by atoms with E-state index in [-0.39, 0.29) is 5.56 Å². The van der Waals surface area contributed by atoms with Crippen molar-refractivity contribution in [3.63, 3.8) is 0 Å². The van der Waals surface area contributed by atoms with Crippen molar-refractivity contribution in [3.05, 3.63) is 23.3 Å². The fourth-order valence-corrected chi connectivity index (χ4v) is 1.41. The van der Waals surface area contributed by atoms with Gasteiger partial charge >= 0.3 is 5.97 Å². The molecule has 0 spiro atoms. The first kappa shape index (κ1) is 12.0. The van der Waals surface area contributed by atoms with E-state index in [9.17, 15) is 9.59 Å². The number of ketones is 1. The first-order valence-corrected chi connectivity index (χ1v) is 4.51. The van der Waals surface area contributed by atoms with Gasteiger partial charge in [0.05, 0.1) is 14.2 Å². The van der Waals surface area contributed by atoms with Gasteiger partial charge in [-0.15, -0.1) is 0 Å². The summed E-state index contributed by atoms with van der Waals surface area (Å²) in [5, 5.41) is 8.59. The summed E-state index contributed by atoms with van der Waals surface area (Å²) in [5.74, 6) is -1.63. The van der Waals surface area contributed by atoms with Crippen molar-refractivity contribution in [2.75, 3.05) is 14.2 Å². The predicted octanol–water partition coefficient (Wildman–Crippen LogP) is 1.28. The molecule has 0 aliphatic rings. The number of hydrogen-bond acceptors (Lipinski definition) is 4. The monoisotopic (exact) mass is 224 g/mol. The van der Waals surface area contributed by atoms with E-state index < -0.39 is 11.8 Å². The Bertz CT molecular complexity index is 436. The van der Waals surface area contributed by atoms with Crippen molar-refractivity contribution in [2.45, 2.75) is 6.92 Å². The standard InChI is InChI=1S/C11H12O5/c1-6-4-7(9(12)11(13)14)5-8(15-2)10(6)16-3/h4-5H,1-3H3,(H,13,14). The molecule has 0 saturated heterocycles. The van der Waals surface area contributed by atoms with Crippen LogP contribution in [0.3, 0.4) is 0 Å². The molecule has 0 bridgehead atoms. The lowest BCUT2D eigenvalue weighted by Crippen LogP contribution is -2.13. The molecular weight excluding hydrogens is 212 g/mol. The number of rotatable bonds is 4. The summed E-state index contributed by atoms with van der Waals surface area (Å²) in [6.45, 7) is 1.71. The Hall–Kier alpha value is -2.04. The van der Waals surface area contributed by atoms with Gasteiger partial charge in [0.2, 0.25) is 0 Å². The van der Waals surface area contributed by atoms with Crippen LogP contribution in [0.15, 0.2) is 12.1 Å². The molecule has 0 aliphatic carbocycles. The van der Waals surface area contributed by atoms with Crippen molar-refractivity contribution in [2.24, 2.45) is 0 Å². The van der Waals surface area contributed by atoms with Gasteiger partial charge in [-0.2, -0.15) is 0 Å². The lowest BCUT2D eigenvalue weighted by atomic mass is 10.1. The third-order valence-corrected chi connectivity index (χ3v) is 2.12. The highest BCUT2D eigenvalue weighted by atomic mass is 16.5. The predicted molar refractivity (Wildman–Crippen MR) is 56.2 cm³/mol. The molecule has 0 aromatic heterocycles. The number of methoxy groups -OCH3 is 2. The molecule has 0 heterocycles. The molecule has 1 aromatic carbocycles. The molecule has 1 N–H and O–H groups in total. The second kappa shape index (κ2) is 4.65. The Kier molecular flexibility index (Phi) is 3.50. The molecular formula is C11H12O5. The number of ether oxygens (including phenoxy) is 2. The molecule has 0 radical (unpaired) electrons. The van der Waals surface area contributed by atoms with E-state index >= 15 is 0 Å². The van der Waals surface area contributed by atoms with Crippen LogP contribution in [-0.4, -0.2) is 31.1 Å². The second-order valence-electron chi connectivity index (χ2n) is 3.16. The molecule has 1 aromatic rings. The van der Waals surface area contributed by atoms with Crippen LogP contribution in [0.25, 0.3) is 0 Å². The molecule has 5 heteroatoms. The highest BCUT2D eigenvalue weighted by molar-refractivity contribution is 6.40. The van der Waals surface area contributed by atoms with Crippen LogP contribution >= 0.6 is 0 Å². The van der Waals surface area contributed by atoms with Gasteiger partial charge in [0, 0.05) is 5.56 Å². The van der Waals surface area contributed by atoms with Gasteiger partial charge in [-0.1, -0.05) is 0 Å². The lowest BCUT2D eigenvalue weighted by Gasteiger charge is -2.11. The molecule has 0 fully saturated rings. The van der Waals surface area contributed by atoms with Crippen molar-refractivity contribution < 1.29 is 24.2 Å². The normalized spacial score (nSPS) is 9.69. The SMILES string of the molecule is COc1cc(C(=O)C(=O)O)cc(C)c1OC. The number of carbonyl (C=O) groups is 2. The van der Waals surface area contributed by atoms with E-state index in [1.165, 1.54) is 26.4 Å². The van der Waals surface area contributed by atoms with E-state index in [1.54, 1.807) is 6.92 Å². The third kappa shape index (κ3) is 2.13. The van der Waals surface area contributed by atoms with Crippen LogP contribution < -0.4 is 9.47 Å². The fraction of sp³-hybridized carbons (Fsp3) is 0.273. The largest absolute Gasteiger partial charge is 0.493 e. The number of benzene rings is 1. The van der Waals surface area contributed by atoms with Crippen molar-refractivity contribution in [3.8, 4) is 11.5 Å². The maximum absolute atomic E-state index is 11.3. The Morgan fingerprint density at radius 1 is 1.19 bits per heavy atom. The molecule has 86 valence electrons. The molecule has 0 atom stereocenters. The molecule has 16 heavy (non-hydrogen) atoms. The Morgan fingerprint density at radius 2 is 1.81 bits per heavy atom. The molecule has 0 aliphatic heterocycles. The van der Waals surface area contributed by atoms with Crippen LogP contribution in [0.2, 0.25) is 0 Å². The van der Waals surface area contributed by atoms with Crippen LogP contribution in [0.4, 0.5) is 0 Å². The van der Waals surface area contributed by atoms with Gasteiger partial charge in [-0.25, -0.2) is 4.79 Å². The zero-order chi connectivity index (χ0) is 12.3. The van der Waals surface area contributed by atoms with E-state index in [1.807, 2.05) is 0 Å². The van der Waals surface area contributed by atoms with Gasteiger partial charge in [0.1, 0.15) is 0 Å². The highest BCUT2D eigenvalue weighted by Gasteiger charge is 2.18. The van der Waals surface area contributed by atoms with Crippen LogP contribution in [-0.2, 0) is 4.79 Å². The first-order chi connectivity index (χ1) is 7.51. The minimum Gasteiger partial charge on any atom is -0.493 e. The molecule has 0 amide bonds. The van der Waals surface area contributed by atoms with Crippen molar-refractivity contribution in [1.82, 2.24) is 0 Å². The number of carboxylic acids is 1. The number of Topliss-reactive ketones (excluding diaryl/α,β-unsaturated/α-hetero) is 1. The molecule has 5 nitrogen and oxygen atoms in total. The quantitative estimate of drug-likeness (QED) is 0.616. The van der Waals surface area contributed by atoms with Crippen LogP contribution in [0.5, 0.6) is 11.5 Å². The van der Waals surface area contributed by atoms with Crippen molar-refractivity contribution >= 4 is 11.8 Å². The summed E-state index contributed by atoms with van der Waals surface area (Å²) in [6.07, 6.45) is 0. The topological polar surface area (TPSA) is 72.8 Å². The lowest BCUT2D eigenvalue weighted by molar-refractivity contribution is -0.131.